The summed E-state index contributed by atoms with van der Waals surface area (Å²) in [6.45, 7) is 3.11. The van der Waals surface area contributed by atoms with E-state index in [9.17, 15) is 4.79 Å². The van der Waals surface area contributed by atoms with Crippen molar-refractivity contribution in [2.24, 2.45) is 0 Å². The molecule has 6 heteroatoms. The number of esters is 1. The Morgan fingerprint density at radius 2 is 2.28 bits per heavy atom. The molecule has 2 unspecified atom stereocenters. The lowest BCUT2D eigenvalue weighted by Gasteiger charge is -2.24. The lowest BCUT2D eigenvalue weighted by atomic mass is 10.1. The van der Waals surface area contributed by atoms with E-state index in [0.717, 1.165) is 19.3 Å². The van der Waals surface area contributed by atoms with E-state index in [1.165, 1.54) is 18.9 Å². The molecular formula is C12H20O4S2. The first-order valence-electron chi connectivity index (χ1n) is 6.20. The molecule has 1 fully saturated rings. The summed E-state index contributed by atoms with van der Waals surface area (Å²) < 4.78 is 16.1. The van der Waals surface area contributed by atoms with Crippen LogP contribution in [-0.2, 0) is 19.0 Å². The molecule has 0 aromatic rings. The van der Waals surface area contributed by atoms with Crippen LogP contribution in [0, 0.1) is 0 Å². The second kappa shape index (κ2) is 8.72. The van der Waals surface area contributed by atoms with Gasteiger partial charge in [-0.15, -0.1) is 0 Å². The number of hydrogen-bond acceptors (Lipinski definition) is 6. The molecular weight excluding hydrogens is 272 g/mol. The highest BCUT2D eigenvalue weighted by Crippen LogP contribution is 2.27. The van der Waals surface area contributed by atoms with Crippen LogP contribution >= 0.6 is 24.0 Å². The Kier molecular flexibility index (Phi) is 7.62. The predicted octanol–water partition coefficient (Wildman–Crippen LogP) is 2.54. The highest BCUT2D eigenvalue weighted by atomic mass is 32.2. The maximum atomic E-state index is 11.6. The van der Waals surface area contributed by atoms with Crippen molar-refractivity contribution in [2.45, 2.75) is 44.0 Å². The Balaban J connectivity index is 2.52. The summed E-state index contributed by atoms with van der Waals surface area (Å²) in [5.41, 5.74) is 0. The van der Waals surface area contributed by atoms with E-state index in [0.29, 0.717) is 24.0 Å². The van der Waals surface area contributed by atoms with Gasteiger partial charge in [-0.05, 0) is 38.4 Å². The van der Waals surface area contributed by atoms with Crippen molar-refractivity contribution in [1.82, 2.24) is 0 Å². The summed E-state index contributed by atoms with van der Waals surface area (Å²) in [5.74, 6) is -0.301. The van der Waals surface area contributed by atoms with Gasteiger partial charge in [0.25, 0.3) is 0 Å². The zero-order chi connectivity index (χ0) is 13.4. The van der Waals surface area contributed by atoms with Gasteiger partial charge in [0.1, 0.15) is 0 Å². The monoisotopic (exact) mass is 292 g/mol. The van der Waals surface area contributed by atoms with Crippen LogP contribution in [0.15, 0.2) is 0 Å². The third kappa shape index (κ3) is 5.54. The van der Waals surface area contributed by atoms with Gasteiger partial charge in [-0.2, -0.15) is 0 Å². The average molecular weight is 292 g/mol. The molecule has 1 aliphatic rings. The standard InChI is InChI=1S/C12H20O4S2/c1-3-15-12(17)18-9-6-4-5-7-16-10(8-9)11(13)14-2/h9-10H,3-8H2,1-2H3. The van der Waals surface area contributed by atoms with Crippen LogP contribution in [-0.4, -0.2) is 42.0 Å². The Morgan fingerprint density at radius 3 is 2.94 bits per heavy atom. The van der Waals surface area contributed by atoms with Crippen molar-refractivity contribution in [2.75, 3.05) is 20.3 Å². The Bertz CT molecular complexity index is 283. The molecule has 18 heavy (non-hydrogen) atoms. The third-order valence-electron chi connectivity index (χ3n) is 2.71. The van der Waals surface area contributed by atoms with Crippen LogP contribution in [0.5, 0.6) is 0 Å². The second-order valence-corrected chi connectivity index (χ2v) is 5.94. The van der Waals surface area contributed by atoms with Crippen molar-refractivity contribution in [1.29, 1.82) is 0 Å². The number of carbonyl (C=O) groups is 1. The van der Waals surface area contributed by atoms with Gasteiger partial charge in [0.15, 0.2) is 6.10 Å². The molecule has 0 aliphatic carbocycles. The van der Waals surface area contributed by atoms with Crippen molar-refractivity contribution in [3.05, 3.63) is 0 Å². The average Bonchev–Trinajstić information content (AvgIpc) is 2.31. The number of ether oxygens (including phenoxy) is 3. The van der Waals surface area contributed by atoms with E-state index < -0.39 is 6.10 Å². The normalized spacial score (nSPS) is 24.8. The van der Waals surface area contributed by atoms with Crippen LogP contribution in [0.1, 0.15) is 32.6 Å². The van der Waals surface area contributed by atoms with Gasteiger partial charge in [0, 0.05) is 11.9 Å². The number of thiocarbonyl (C=S) groups is 1. The minimum absolute atomic E-state index is 0.258. The van der Waals surface area contributed by atoms with Gasteiger partial charge in [0.05, 0.1) is 13.7 Å². The molecule has 1 saturated heterocycles. The quantitative estimate of drug-likeness (QED) is 0.588. The van der Waals surface area contributed by atoms with Gasteiger partial charge in [0.2, 0.25) is 4.38 Å². The summed E-state index contributed by atoms with van der Waals surface area (Å²) in [7, 11) is 1.39. The van der Waals surface area contributed by atoms with E-state index in [-0.39, 0.29) is 11.2 Å². The van der Waals surface area contributed by atoms with E-state index in [1.54, 1.807) is 0 Å². The van der Waals surface area contributed by atoms with Crippen LogP contribution in [0.2, 0.25) is 0 Å². The van der Waals surface area contributed by atoms with E-state index in [2.05, 4.69) is 0 Å². The minimum Gasteiger partial charge on any atom is -0.479 e. The maximum Gasteiger partial charge on any atom is 0.335 e. The SMILES string of the molecule is CCOC(=S)SC1CCCCOC(C(=O)OC)C1. The van der Waals surface area contributed by atoms with Gasteiger partial charge >= 0.3 is 5.97 Å². The molecule has 4 nitrogen and oxygen atoms in total. The second-order valence-electron chi connectivity index (χ2n) is 4.04. The molecule has 0 aromatic heterocycles. The van der Waals surface area contributed by atoms with Crippen LogP contribution in [0.3, 0.4) is 0 Å². The third-order valence-corrected chi connectivity index (χ3v) is 4.18. The summed E-state index contributed by atoms with van der Waals surface area (Å²) in [5, 5.41) is 0.258. The fourth-order valence-corrected chi connectivity index (χ4v) is 3.35. The van der Waals surface area contributed by atoms with E-state index in [1.807, 2.05) is 6.92 Å². The largest absolute Gasteiger partial charge is 0.479 e. The van der Waals surface area contributed by atoms with Crippen molar-refractivity contribution < 1.29 is 19.0 Å². The van der Waals surface area contributed by atoms with Crippen molar-refractivity contribution in [3.63, 3.8) is 0 Å². The maximum absolute atomic E-state index is 11.6. The molecule has 0 N–H and O–H groups in total. The smallest absolute Gasteiger partial charge is 0.335 e. The number of carbonyl (C=O) groups excluding carboxylic acids is 1. The molecule has 1 rings (SSSR count). The van der Waals surface area contributed by atoms with Gasteiger partial charge < -0.3 is 14.2 Å². The molecule has 0 spiro atoms. The first-order chi connectivity index (χ1) is 8.67. The highest BCUT2D eigenvalue weighted by Gasteiger charge is 2.27. The fourth-order valence-electron chi connectivity index (χ4n) is 1.82. The number of hydrogen-bond donors (Lipinski definition) is 0. The Morgan fingerprint density at radius 1 is 1.50 bits per heavy atom. The van der Waals surface area contributed by atoms with Crippen LogP contribution in [0.4, 0.5) is 0 Å². The molecule has 104 valence electrons. The number of rotatable bonds is 3. The summed E-state index contributed by atoms with van der Waals surface area (Å²) in [6.07, 6.45) is 3.23. The molecule has 0 saturated carbocycles. The molecule has 1 heterocycles. The Hall–Kier alpha value is -0.330. The molecule has 0 bridgehead atoms. The van der Waals surface area contributed by atoms with Gasteiger partial charge in [-0.25, -0.2) is 4.79 Å². The summed E-state index contributed by atoms with van der Waals surface area (Å²) in [6, 6.07) is 0. The molecule has 0 radical (unpaired) electrons. The molecule has 1 aliphatic heterocycles. The Labute approximate surface area is 118 Å². The van der Waals surface area contributed by atoms with E-state index >= 15 is 0 Å². The van der Waals surface area contributed by atoms with Gasteiger partial charge in [-0.3, -0.25) is 0 Å². The zero-order valence-electron chi connectivity index (χ0n) is 10.8. The minimum atomic E-state index is -0.475. The fraction of sp³-hybridized carbons (Fsp3) is 0.833. The predicted molar refractivity (Wildman–Crippen MR) is 75.8 cm³/mol. The topological polar surface area (TPSA) is 44.8 Å². The lowest BCUT2D eigenvalue weighted by Crippen LogP contribution is -2.31. The van der Waals surface area contributed by atoms with E-state index in [4.69, 9.17) is 26.4 Å². The molecule has 0 aromatic carbocycles. The summed E-state index contributed by atoms with van der Waals surface area (Å²) in [4.78, 5) is 11.6. The van der Waals surface area contributed by atoms with Crippen molar-refractivity contribution >= 4 is 34.3 Å². The lowest BCUT2D eigenvalue weighted by molar-refractivity contribution is -0.155. The van der Waals surface area contributed by atoms with Crippen molar-refractivity contribution in [3.8, 4) is 0 Å². The number of methoxy groups -OCH3 is 1. The zero-order valence-corrected chi connectivity index (χ0v) is 12.5. The number of thioether (sulfide) groups is 1. The van der Waals surface area contributed by atoms with Gasteiger partial charge in [-0.1, -0.05) is 18.2 Å². The van der Waals surface area contributed by atoms with Crippen LogP contribution in [0.25, 0.3) is 0 Å². The van der Waals surface area contributed by atoms with Crippen LogP contribution < -0.4 is 0 Å². The summed E-state index contributed by atoms with van der Waals surface area (Å²) >= 11 is 6.65. The first-order valence-corrected chi connectivity index (χ1v) is 7.49. The first kappa shape index (κ1) is 15.7. The highest BCUT2D eigenvalue weighted by molar-refractivity contribution is 8.23. The molecule has 2 atom stereocenters. The molecule has 0 amide bonds.